The second kappa shape index (κ2) is 9.03. The van der Waals surface area contributed by atoms with Crippen LogP contribution in [0.1, 0.15) is 26.3 Å². The molecule has 9 heteroatoms. The molecule has 0 atom stereocenters. The van der Waals surface area contributed by atoms with Crippen LogP contribution in [0.3, 0.4) is 0 Å². The van der Waals surface area contributed by atoms with Gasteiger partial charge in [-0.05, 0) is 38.8 Å². The highest BCUT2D eigenvalue weighted by molar-refractivity contribution is 5.69. The number of amides is 1. The second-order valence-corrected chi connectivity index (χ2v) is 6.94. The number of nitro groups is 1. The molecule has 0 bridgehead atoms. The minimum Gasteiger partial charge on any atom is -0.481 e. The van der Waals surface area contributed by atoms with Crippen LogP contribution in [0.15, 0.2) is 36.4 Å². The van der Waals surface area contributed by atoms with Crippen molar-refractivity contribution >= 4 is 23.3 Å². The largest absolute Gasteiger partial charge is 0.481 e. The highest BCUT2D eigenvalue weighted by atomic mass is 16.6. The van der Waals surface area contributed by atoms with E-state index in [2.05, 4.69) is 15.6 Å². The van der Waals surface area contributed by atoms with Gasteiger partial charge in [-0.2, -0.15) is 4.98 Å². The van der Waals surface area contributed by atoms with E-state index in [0.29, 0.717) is 18.7 Å². The van der Waals surface area contributed by atoms with Crippen LogP contribution in [0, 0.1) is 10.1 Å². The molecule has 0 radical (unpaired) electrons. The summed E-state index contributed by atoms with van der Waals surface area (Å²) in [4.78, 5) is 26.7. The van der Waals surface area contributed by atoms with Gasteiger partial charge in [-0.3, -0.25) is 10.1 Å². The molecular weight excluding hydrogens is 364 g/mol. The second-order valence-electron chi connectivity index (χ2n) is 6.94. The SMILES string of the molecule is COc1ccc([N+](=O)[O-])c(Nc2ccccc2CCNC(=O)OC(C)(C)C)n1. The van der Waals surface area contributed by atoms with Crippen molar-refractivity contribution in [2.24, 2.45) is 0 Å². The van der Waals surface area contributed by atoms with Crippen LogP contribution in [0.4, 0.5) is 22.0 Å². The molecule has 9 nitrogen and oxygen atoms in total. The van der Waals surface area contributed by atoms with Crippen LogP contribution in [-0.2, 0) is 11.2 Å². The number of aromatic nitrogens is 1. The van der Waals surface area contributed by atoms with Crippen molar-refractivity contribution in [3.05, 3.63) is 52.1 Å². The predicted molar refractivity (Wildman–Crippen MR) is 105 cm³/mol. The van der Waals surface area contributed by atoms with Crippen molar-refractivity contribution < 1.29 is 19.2 Å². The lowest BCUT2D eigenvalue weighted by molar-refractivity contribution is -0.384. The van der Waals surface area contributed by atoms with E-state index in [1.165, 1.54) is 19.2 Å². The van der Waals surface area contributed by atoms with E-state index >= 15 is 0 Å². The fourth-order valence-electron chi connectivity index (χ4n) is 2.39. The third kappa shape index (κ3) is 6.11. The molecule has 2 rings (SSSR count). The molecule has 0 aliphatic heterocycles. The first-order valence-corrected chi connectivity index (χ1v) is 8.71. The highest BCUT2D eigenvalue weighted by Gasteiger charge is 2.18. The van der Waals surface area contributed by atoms with Crippen LogP contribution in [0.2, 0.25) is 0 Å². The third-order valence-electron chi connectivity index (χ3n) is 3.59. The average molecular weight is 388 g/mol. The monoisotopic (exact) mass is 388 g/mol. The number of rotatable bonds is 7. The molecule has 0 saturated heterocycles. The van der Waals surface area contributed by atoms with Gasteiger partial charge >= 0.3 is 11.8 Å². The summed E-state index contributed by atoms with van der Waals surface area (Å²) in [5.74, 6) is 0.342. The number of para-hydroxylation sites is 1. The number of carbonyl (C=O) groups is 1. The number of alkyl carbamates (subject to hydrolysis) is 1. The van der Waals surface area contributed by atoms with E-state index in [-0.39, 0.29) is 17.4 Å². The number of ether oxygens (including phenoxy) is 2. The zero-order chi connectivity index (χ0) is 20.7. The van der Waals surface area contributed by atoms with Crippen LogP contribution >= 0.6 is 0 Å². The molecule has 1 amide bonds. The van der Waals surface area contributed by atoms with Gasteiger partial charge in [0, 0.05) is 24.4 Å². The molecule has 1 heterocycles. The maximum absolute atomic E-state index is 11.8. The summed E-state index contributed by atoms with van der Waals surface area (Å²) >= 11 is 0. The van der Waals surface area contributed by atoms with Crippen molar-refractivity contribution in [1.29, 1.82) is 0 Å². The summed E-state index contributed by atoms with van der Waals surface area (Å²) in [6.07, 6.45) is 0.00300. The van der Waals surface area contributed by atoms with E-state index in [4.69, 9.17) is 9.47 Å². The van der Waals surface area contributed by atoms with Crippen LogP contribution in [0.5, 0.6) is 5.88 Å². The molecule has 0 aliphatic rings. The summed E-state index contributed by atoms with van der Waals surface area (Å²) in [6, 6.07) is 10.1. The molecule has 2 N–H and O–H groups in total. The van der Waals surface area contributed by atoms with Crippen molar-refractivity contribution in [2.45, 2.75) is 32.8 Å². The normalized spacial score (nSPS) is 10.9. The number of pyridine rings is 1. The molecule has 0 saturated carbocycles. The average Bonchev–Trinajstić information content (AvgIpc) is 2.61. The Bertz CT molecular complexity index is 848. The Morgan fingerprint density at radius 3 is 2.57 bits per heavy atom. The molecular formula is C19H24N4O5. The minimum atomic E-state index is -0.569. The molecule has 150 valence electrons. The fraction of sp³-hybridized carbons (Fsp3) is 0.368. The van der Waals surface area contributed by atoms with Crippen LogP contribution < -0.4 is 15.4 Å². The van der Waals surface area contributed by atoms with Gasteiger partial charge in [0.25, 0.3) is 0 Å². The third-order valence-corrected chi connectivity index (χ3v) is 3.59. The molecule has 1 aromatic carbocycles. The molecule has 2 aromatic rings. The van der Waals surface area contributed by atoms with Gasteiger partial charge in [0.2, 0.25) is 11.7 Å². The van der Waals surface area contributed by atoms with Gasteiger partial charge in [-0.15, -0.1) is 0 Å². The number of hydrogen-bond donors (Lipinski definition) is 2. The smallest absolute Gasteiger partial charge is 0.407 e. The van der Waals surface area contributed by atoms with Crippen molar-refractivity contribution in [2.75, 3.05) is 19.0 Å². The van der Waals surface area contributed by atoms with Crippen molar-refractivity contribution in [1.82, 2.24) is 10.3 Å². The Morgan fingerprint density at radius 1 is 1.21 bits per heavy atom. The lowest BCUT2D eigenvalue weighted by Gasteiger charge is -2.19. The molecule has 0 unspecified atom stereocenters. The number of methoxy groups -OCH3 is 1. The number of benzene rings is 1. The standard InChI is InChI=1S/C19H24N4O5/c1-19(2,3)28-18(24)20-12-11-13-7-5-6-8-14(13)21-17-15(23(25)26)9-10-16(22-17)27-4/h5-10H,11-12H2,1-4H3,(H,20,24)(H,21,22). The van der Waals surface area contributed by atoms with Gasteiger partial charge < -0.3 is 20.1 Å². The lowest BCUT2D eigenvalue weighted by atomic mass is 10.1. The predicted octanol–water partition coefficient (Wildman–Crippen LogP) is 3.81. The Kier molecular flexibility index (Phi) is 6.75. The quantitative estimate of drug-likeness (QED) is 0.547. The van der Waals surface area contributed by atoms with Gasteiger partial charge in [0.1, 0.15) is 5.60 Å². The first-order valence-electron chi connectivity index (χ1n) is 8.71. The maximum atomic E-state index is 11.8. The van der Waals surface area contributed by atoms with Crippen molar-refractivity contribution in [3.8, 4) is 5.88 Å². The van der Waals surface area contributed by atoms with Crippen LogP contribution in [-0.4, -0.2) is 35.3 Å². The van der Waals surface area contributed by atoms with Gasteiger partial charge in [0.15, 0.2) is 0 Å². The Labute approximate surface area is 163 Å². The Balaban J connectivity index is 2.12. The van der Waals surface area contributed by atoms with Gasteiger partial charge in [0.05, 0.1) is 12.0 Å². The first kappa shape index (κ1) is 20.9. The number of nitrogens with one attached hydrogen (secondary N) is 2. The molecule has 0 aliphatic carbocycles. The summed E-state index contributed by atoms with van der Waals surface area (Å²) in [7, 11) is 1.44. The minimum absolute atomic E-state index is 0.0805. The molecule has 0 spiro atoms. The summed E-state index contributed by atoms with van der Waals surface area (Å²) in [5.41, 5.74) is 0.776. The molecule has 1 aromatic heterocycles. The summed E-state index contributed by atoms with van der Waals surface area (Å²) < 4.78 is 10.3. The van der Waals surface area contributed by atoms with E-state index in [1.807, 2.05) is 12.1 Å². The maximum Gasteiger partial charge on any atom is 0.407 e. The lowest BCUT2D eigenvalue weighted by Crippen LogP contribution is -2.33. The highest BCUT2D eigenvalue weighted by Crippen LogP contribution is 2.29. The number of carbonyl (C=O) groups excluding carboxylic acids is 1. The zero-order valence-electron chi connectivity index (χ0n) is 16.3. The Hall–Kier alpha value is -3.36. The fourth-order valence-corrected chi connectivity index (χ4v) is 2.39. The Morgan fingerprint density at radius 2 is 1.93 bits per heavy atom. The zero-order valence-corrected chi connectivity index (χ0v) is 16.3. The van der Waals surface area contributed by atoms with E-state index in [9.17, 15) is 14.9 Å². The summed E-state index contributed by atoms with van der Waals surface area (Å²) in [6.45, 7) is 5.72. The van der Waals surface area contributed by atoms with Crippen LogP contribution in [0.25, 0.3) is 0 Å². The van der Waals surface area contributed by atoms with E-state index in [1.54, 1.807) is 32.9 Å². The topological polar surface area (TPSA) is 116 Å². The summed E-state index contributed by atoms with van der Waals surface area (Å²) in [5, 5.41) is 17.0. The van der Waals surface area contributed by atoms with Crippen molar-refractivity contribution in [3.63, 3.8) is 0 Å². The van der Waals surface area contributed by atoms with E-state index < -0.39 is 16.6 Å². The van der Waals surface area contributed by atoms with Gasteiger partial charge in [-0.25, -0.2) is 4.79 Å². The first-order chi connectivity index (χ1) is 13.2. The number of nitrogens with zero attached hydrogens (tertiary/aromatic N) is 2. The number of anilines is 2. The van der Waals surface area contributed by atoms with Gasteiger partial charge in [-0.1, -0.05) is 18.2 Å². The number of hydrogen-bond acceptors (Lipinski definition) is 7. The molecule has 28 heavy (non-hydrogen) atoms. The molecule has 0 fully saturated rings. The van der Waals surface area contributed by atoms with E-state index in [0.717, 1.165) is 5.56 Å².